The topological polar surface area (TPSA) is 61.4 Å². The van der Waals surface area contributed by atoms with Crippen molar-refractivity contribution >= 4 is 11.8 Å². The zero-order valence-corrected chi connectivity index (χ0v) is 11.8. The number of carbonyl (C=O) groups is 2. The van der Waals surface area contributed by atoms with Gasteiger partial charge in [-0.25, -0.2) is 0 Å². The number of hydrogen-bond acceptors (Lipinski definition) is 3. The van der Waals surface area contributed by atoms with E-state index < -0.39 is 0 Å². The Balaban J connectivity index is 1.79. The molecule has 2 unspecified atom stereocenters. The van der Waals surface area contributed by atoms with Crippen LogP contribution in [0.3, 0.4) is 0 Å². The van der Waals surface area contributed by atoms with Crippen LogP contribution in [-0.4, -0.2) is 49.4 Å². The fraction of sp³-hybridized carbons (Fsp3) is 0.857. The second kappa shape index (κ2) is 6.89. The minimum Gasteiger partial charge on any atom is -0.357 e. The SMILES string of the molecule is CNC(=O)C1CCCN1C(=O)CCC1CCCNC1. The molecule has 0 radical (unpaired) electrons. The fourth-order valence-electron chi connectivity index (χ4n) is 3.15. The number of likely N-dealkylation sites (tertiary alicyclic amines) is 1. The van der Waals surface area contributed by atoms with E-state index in [0.29, 0.717) is 12.3 Å². The lowest BCUT2D eigenvalue weighted by Crippen LogP contribution is -2.45. The molecule has 0 aromatic carbocycles. The Bertz CT molecular complexity index is 327. The van der Waals surface area contributed by atoms with Crippen molar-refractivity contribution in [2.24, 2.45) is 5.92 Å². The van der Waals surface area contributed by atoms with Crippen LogP contribution in [0.1, 0.15) is 38.5 Å². The van der Waals surface area contributed by atoms with Gasteiger partial charge in [0, 0.05) is 20.0 Å². The zero-order chi connectivity index (χ0) is 13.7. The number of nitrogens with zero attached hydrogens (tertiary/aromatic N) is 1. The van der Waals surface area contributed by atoms with Crippen LogP contribution in [0.2, 0.25) is 0 Å². The summed E-state index contributed by atoms with van der Waals surface area (Å²) < 4.78 is 0. The molecule has 108 valence electrons. The lowest BCUT2D eigenvalue weighted by Gasteiger charge is -2.26. The molecular weight excluding hydrogens is 242 g/mol. The third-order valence-electron chi connectivity index (χ3n) is 4.29. The van der Waals surface area contributed by atoms with Crippen LogP contribution < -0.4 is 10.6 Å². The Morgan fingerprint density at radius 3 is 2.84 bits per heavy atom. The highest BCUT2D eigenvalue weighted by Gasteiger charge is 2.33. The number of piperidine rings is 1. The molecule has 2 fully saturated rings. The molecule has 0 saturated carbocycles. The average molecular weight is 267 g/mol. The van der Waals surface area contributed by atoms with Crippen molar-refractivity contribution in [1.29, 1.82) is 0 Å². The van der Waals surface area contributed by atoms with E-state index in [4.69, 9.17) is 0 Å². The molecule has 2 saturated heterocycles. The van der Waals surface area contributed by atoms with Gasteiger partial charge in [0.2, 0.25) is 11.8 Å². The summed E-state index contributed by atoms with van der Waals surface area (Å²) in [7, 11) is 1.64. The number of nitrogens with one attached hydrogen (secondary N) is 2. The molecule has 19 heavy (non-hydrogen) atoms. The number of amides is 2. The molecule has 5 heteroatoms. The first-order valence-corrected chi connectivity index (χ1v) is 7.44. The summed E-state index contributed by atoms with van der Waals surface area (Å²) in [6, 6.07) is -0.234. The maximum absolute atomic E-state index is 12.2. The molecule has 0 aromatic rings. The van der Waals surface area contributed by atoms with Crippen LogP contribution in [0.5, 0.6) is 0 Å². The molecule has 2 aliphatic rings. The quantitative estimate of drug-likeness (QED) is 0.780. The third kappa shape index (κ3) is 3.69. The summed E-state index contributed by atoms with van der Waals surface area (Å²) in [5.74, 6) is 0.751. The average Bonchev–Trinajstić information content (AvgIpc) is 2.94. The van der Waals surface area contributed by atoms with E-state index in [1.807, 2.05) is 0 Å². The van der Waals surface area contributed by atoms with Crippen molar-refractivity contribution in [3.63, 3.8) is 0 Å². The van der Waals surface area contributed by atoms with Gasteiger partial charge in [-0.15, -0.1) is 0 Å². The zero-order valence-electron chi connectivity index (χ0n) is 11.8. The van der Waals surface area contributed by atoms with Crippen molar-refractivity contribution in [2.45, 2.75) is 44.6 Å². The molecular formula is C14H25N3O2. The van der Waals surface area contributed by atoms with E-state index >= 15 is 0 Å². The Labute approximate surface area is 115 Å². The van der Waals surface area contributed by atoms with Gasteiger partial charge < -0.3 is 15.5 Å². The first kappa shape index (κ1) is 14.3. The van der Waals surface area contributed by atoms with Crippen LogP contribution in [0.25, 0.3) is 0 Å². The fourth-order valence-corrected chi connectivity index (χ4v) is 3.15. The Hall–Kier alpha value is -1.10. The van der Waals surface area contributed by atoms with Gasteiger partial charge in [-0.05, 0) is 51.1 Å². The van der Waals surface area contributed by atoms with Crippen LogP contribution >= 0.6 is 0 Å². The molecule has 0 aliphatic carbocycles. The largest absolute Gasteiger partial charge is 0.357 e. The van der Waals surface area contributed by atoms with Gasteiger partial charge in [-0.1, -0.05) is 0 Å². The molecule has 0 spiro atoms. The molecule has 0 aromatic heterocycles. The third-order valence-corrected chi connectivity index (χ3v) is 4.29. The van der Waals surface area contributed by atoms with Gasteiger partial charge in [0.1, 0.15) is 6.04 Å². The van der Waals surface area contributed by atoms with Crippen LogP contribution in [0.15, 0.2) is 0 Å². The van der Waals surface area contributed by atoms with Gasteiger partial charge in [-0.3, -0.25) is 9.59 Å². The molecule has 2 heterocycles. The minimum absolute atomic E-state index is 0.0230. The van der Waals surface area contributed by atoms with Gasteiger partial charge in [-0.2, -0.15) is 0 Å². The lowest BCUT2D eigenvalue weighted by molar-refractivity contribution is -0.138. The lowest BCUT2D eigenvalue weighted by atomic mass is 9.94. The number of hydrogen-bond donors (Lipinski definition) is 2. The molecule has 2 atom stereocenters. The molecule has 2 N–H and O–H groups in total. The van der Waals surface area contributed by atoms with Crippen molar-refractivity contribution < 1.29 is 9.59 Å². The number of likely N-dealkylation sites (N-methyl/N-ethyl adjacent to an activating group) is 1. The van der Waals surface area contributed by atoms with Gasteiger partial charge in [0.25, 0.3) is 0 Å². The molecule has 2 aliphatic heterocycles. The van der Waals surface area contributed by atoms with Crippen LogP contribution in [0, 0.1) is 5.92 Å². The maximum Gasteiger partial charge on any atom is 0.242 e. The summed E-state index contributed by atoms with van der Waals surface area (Å²) in [4.78, 5) is 25.7. The predicted octanol–water partition coefficient (Wildman–Crippen LogP) is 0.503. The monoisotopic (exact) mass is 267 g/mol. The summed E-state index contributed by atoms with van der Waals surface area (Å²) in [6.45, 7) is 2.88. The van der Waals surface area contributed by atoms with E-state index in [0.717, 1.165) is 38.9 Å². The van der Waals surface area contributed by atoms with Crippen molar-refractivity contribution in [3.05, 3.63) is 0 Å². The van der Waals surface area contributed by atoms with Gasteiger partial charge in [0.15, 0.2) is 0 Å². The highest BCUT2D eigenvalue weighted by Crippen LogP contribution is 2.21. The molecule has 5 nitrogen and oxygen atoms in total. The first-order valence-electron chi connectivity index (χ1n) is 7.44. The number of carbonyl (C=O) groups excluding carboxylic acids is 2. The Morgan fingerprint density at radius 1 is 1.32 bits per heavy atom. The van der Waals surface area contributed by atoms with E-state index in [2.05, 4.69) is 10.6 Å². The molecule has 0 bridgehead atoms. The highest BCUT2D eigenvalue weighted by molar-refractivity contribution is 5.88. The standard InChI is InChI=1S/C14H25N3O2/c1-15-14(19)12-5-3-9-17(12)13(18)7-6-11-4-2-8-16-10-11/h11-12,16H,2-10H2,1H3,(H,15,19). The minimum atomic E-state index is -0.234. The maximum atomic E-state index is 12.2. The van der Waals surface area contributed by atoms with Crippen molar-refractivity contribution in [1.82, 2.24) is 15.5 Å². The summed E-state index contributed by atoms with van der Waals surface area (Å²) in [5.41, 5.74) is 0. The van der Waals surface area contributed by atoms with E-state index in [1.54, 1.807) is 11.9 Å². The number of rotatable bonds is 4. The van der Waals surface area contributed by atoms with Crippen molar-refractivity contribution in [2.75, 3.05) is 26.7 Å². The Morgan fingerprint density at radius 2 is 2.16 bits per heavy atom. The molecule has 2 amide bonds. The van der Waals surface area contributed by atoms with Gasteiger partial charge >= 0.3 is 0 Å². The normalized spacial score (nSPS) is 27.3. The van der Waals surface area contributed by atoms with E-state index in [9.17, 15) is 9.59 Å². The summed E-state index contributed by atoms with van der Waals surface area (Å²) in [6.07, 6.45) is 5.70. The van der Waals surface area contributed by atoms with Crippen molar-refractivity contribution in [3.8, 4) is 0 Å². The Kier molecular flexibility index (Phi) is 5.19. The predicted molar refractivity (Wildman–Crippen MR) is 73.6 cm³/mol. The smallest absolute Gasteiger partial charge is 0.242 e. The second-order valence-electron chi connectivity index (χ2n) is 5.61. The summed E-state index contributed by atoms with van der Waals surface area (Å²) in [5, 5.41) is 6.03. The molecule has 2 rings (SSSR count). The highest BCUT2D eigenvalue weighted by atomic mass is 16.2. The second-order valence-corrected chi connectivity index (χ2v) is 5.61. The first-order chi connectivity index (χ1) is 9.22. The van der Waals surface area contributed by atoms with Crippen LogP contribution in [0.4, 0.5) is 0 Å². The van der Waals surface area contributed by atoms with E-state index in [-0.39, 0.29) is 17.9 Å². The van der Waals surface area contributed by atoms with Crippen LogP contribution in [-0.2, 0) is 9.59 Å². The van der Waals surface area contributed by atoms with Gasteiger partial charge in [0.05, 0.1) is 0 Å². The van der Waals surface area contributed by atoms with E-state index in [1.165, 1.54) is 12.8 Å². The summed E-state index contributed by atoms with van der Waals surface area (Å²) >= 11 is 0.